The summed E-state index contributed by atoms with van der Waals surface area (Å²) in [6, 6.07) is 12.6. The van der Waals surface area contributed by atoms with Crippen LogP contribution in [0.4, 0.5) is 4.39 Å². The second kappa shape index (κ2) is 10.5. The minimum atomic E-state index is -0.387. The maximum Gasteiger partial charge on any atom is 0.266 e. The van der Waals surface area contributed by atoms with E-state index in [0.29, 0.717) is 41.8 Å². The van der Waals surface area contributed by atoms with Crippen LogP contribution in [0.3, 0.4) is 0 Å². The standard InChI is InChI=1S/C28H36FN3O2/c1-7-24(31(8-2)25(33)17-19(3)18-28(4,5)6)26-30-23-12-10-9-11-22(23)27(34)32(26)21-15-13-20(29)14-16-21/h9-16,19,24H,7-8,17-18H2,1-6H3. The van der Waals surface area contributed by atoms with Gasteiger partial charge in [-0.15, -0.1) is 0 Å². The molecule has 2 aromatic carbocycles. The predicted molar refractivity (Wildman–Crippen MR) is 136 cm³/mol. The van der Waals surface area contributed by atoms with Gasteiger partial charge in [-0.3, -0.25) is 14.2 Å². The molecule has 3 aromatic rings. The van der Waals surface area contributed by atoms with E-state index in [0.717, 1.165) is 6.42 Å². The summed E-state index contributed by atoms with van der Waals surface area (Å²) in [5, 5.41) is 0.485. The summed E-state index contributed by atoms with van der Waals surface area (Å²) in [7, 11) is 0. The Morgan fingerprint density at radius 2 is 1.74 bits per heavy atom. The Kier molecular flexibility index (Phi) is 7.90. The number of amides is 1. The Hall–Kier alpha value is -3.02. The van der Waals surface area contributed by atoms with Crippen molar-refractivity contribution in [3.63, 3.8) is 0 Å². The van der Waals surface area contributed by atoms with Crippen molar-refractivity contribution in [2.45, 2.75) is 66.8 Å². The summed E-state index contributed by atoms with van der Waals surface area (Å²) < 4.78 is 15.2. The third kappa shape index (κ3) is 5.72. The number of halogens is 1. The van der Waals surface area contributed by atoms with Gasteiger partial charge in [0, 0.05) is 13.0 Å². The lowest BCUT2D eigenvalue weighted by molar-refractivity contribution is -0.134. The molecule has 0 N–H and O–H groups in total. The van der Waals surface area contributed by atoms with Gasteiger partial charge in [-0.1, -0.05) is 46.8 Å². The van der Waals surface area contributed by atoms with Crippen molar-refractivity contribution in [2.75, 3.05) is 6.54 Å². The van der Waals surface area contributed by atoms with Gasteiger partial charge in [0.2, 0.25) is 5.91 Å². The molecule has 0 bridgehead atoms. The lowest BCUT2D eigenvalue weighted by Gasteiger charge is -2.33. The van der Waals surface area contributed by atoms with Gasteiger partial charge in [-0.2, -0.15) is 0 Å². The van der Waals surface area contributed by atoms with E-state index in [9.17, 15) is 14.0 Å². The fourth-order valence-electron chi connectivity index (χ4n) is 4.86. The maximum absolute atomic E-state index is 13.7. The summed E-state index contributed by atoms with van der Waals surface area (Å²) in [6.45, 7) is 13.1. The molecule has 0 saturated carbocycles. The molecule has 34 heavy (non-hydrogen) atoms. The van der Waals surface area contributed by atoms with Gasteiger partial charge in [0.05, 0.1) is 22.6 Å². The van der Waals surface area contributed by atoms with E-state index in [2.05, 4.69) is 27.7 Å². The zero-order valence-electron chi connectivity index (χ0n) is 21.1. The SMILES string of the molecule is CCC(c1nc2ccccc2c(=O)n1-c1ccc(F)cc1)N(CC)C(=O)CC(C)CC(C)(C)C. The van der Waals surface area contributed by atoms with Crippen molar-refractivity contribution in [2.24, 2.45) is 11.3 Å². The van der Waals surface area contributed by atoms with E-state index < -0.39 is 0 Å². The smallest absolute Gasteiger partial charge is 0.266 e. The molecule has 1 heterocycles. The van der Waals surface area contributed by atoms with E-state index in [-0.39, 0.29) is 34.7 Å². The predicted octanol–water partition coefficient (Wildman–Crippen LogP) is 6.29. The summed E-state index contributed by atoms with van der Waals surface area (Å²) in [5.41, 5.74) is 1.03. The first-order valence-electron chi connectivity index (χ1n) is 12.1. The first-order valence-corrected chi connectivity index (χ1v) is 12.1. The highest BCUT2D eigenvalue weighted by Gasteiger charge is 2.29. The maximum atomic E-state index is 13.7. The van der Waals surface area contributed by atoms with Crippen LogP contribution < -0.4 is 5.56 Å². The van der Waals surface area contributed by atoms with Crippen molar-refractivity contribution in [1.29, 1.82) is 0 Å². The molecule has 2 atom stereocenters. The van der Waals surface area contributed by atoms with Crippen molar-refractivity contribution < 1.29 is 9.18 Å². The number of hydrogen-bond acceptors (Lipinski definition) is 3. The molecule has 1 amide bonds. The average Bonchev–Trinajstić information content (AvgIpc) is 2.76. The molecule has 2 unspecified atom stereocenters. The van der Waals surface area contributed by atoms with Gasteiger partial charge in [-0.25, -0.2) is 9.37 Å². The van der Waals surface area contributed by atoms with E-state index in [1.807, 2.05) is 30.9 Å². The quantitative estimate of drug-likeness (QED) is 0.393. The second-order valence-electron chi connectivity index (χ2n) is 10.3. The number of nitrogens with zero attached hydrogens (tertiary/aromatic N) is 3. The topological polar surface area (TPSA) is 55.2 Å². The third-order valence-electron chi connectivity index (χ3n) is 6.09. The van der Waals surface area contributed by atoms with Crippen LogP contribution in [0, 0.1) is 17.2 Å². The van der Waals surface area contributed by atoms with E-state index in [1.54, 1.807) is 24.3 Å². The molecule has 0 aliphatic carbocycles. The van der Waals surface area contributed by atoms with Gasteiger partial charge in [0.1, 0.15) is 11.6 Å². The van der Waals surface area contributed by atoms with Crippen molar-refractivity contribution in [3.05, 3.63) is 70.5 Å². The van der Waals surface area contributed by atoms with Crippen LogP contribution >= 0.6 is 0 Å². The summed E-state index contributed by atoms with van der Waals surface area (Å²) in [4.78, 5) is 33.7. The van der Waals surface area contributed by atoms with Crippen molar-refractivity contribution >= 4 is 16.8 Å². The van der Waals surface area contributed by atoms with Gasteiger partial charge in [0.25, 0.3) is 5.56 Å². The monoisotopic (exact) mass is 465 g/mol. The lowest BCUT2D eigenvalue weighted by Crippen LogP contribution is -2.39. The van der Waals surface area contributed by atoms with Crippen LogP contribution in [0.25, 0.3) is 16.6 Å². The van der Waals surface area contributed by atoms with Crippen LogP contribution in [0.5, 0.6) is 0 Å². The van der Waals surface area contributed by atoms with E-state index in [1.165, 1.54) is 16.7 Å². The number of carbonyl (C=O) groups excluding carboxylic acids is 1. The fourth-order valence-corrected chi connectivity index (χ4v) is 4.86. The fraction of sp³-hybridized carbons (Fsp3) is 0.464. The van der Waals surface area contributed by atoms with Crippen LogP contribution in [-0.4, -0.2) is 26.9 Å². The number of hydrogen-bond donors (Lipinski definition) is 0. The number of fused-ring (bicyclic) bond motifs is 1. The number of benzene rings is 2. The molecular weight excluding hydrogens is 429 g/mol. The van der Waals surface area contributed by atoms with Gasteiger partial charge in [-0.05, 0) is 67.5 Å². The minimum Gasteiger partial charge on any atom is -0.333 e. The van der Waals surface area contributed by atoms with Gasteiger partial charge in [0.15, 0.2) is 0 Å². The molecule has 6 heteroatoms. The molecule has 0 spiro atoms. The largest absolute Gasteiger partial charge is 0.333 e. The molecule has 5 nitrogen and oxygen atoms in total. The molecule has 0 saturated heterocycles. The molecule has 1 aromatic heterocycles. The summed E-state index contributed by atoms with van der Waals surface area (Å²) in [6.07, 6.45) is 1.98. The average molecular weight is 466 g/mol. The molecular formula is C28H36FN3O2. The number of carbonyl (C=O) groups is 1. The Balaban J connectivity index is 2.11. The van der Waals surface area contributed by atoms with Gasteiger partial charge < -0.3 is 4.90 Å². The van der Waals surface area contributed by atoms with Crippen LogP contribution in [0.15, 0.2) is 53.3 Å². The highest BCUT2D eigenvalue weighted by molar-refractivity contribution is 5.79. The normalized spacial score (nSPS) is 13.6. The zero-order chi connectivity index (χ0) is 25.0. The first kappa shape index (κ1) is 25.6. The molecule has 0 aliphatic heterocycles. The number of rotatable bonds is 8. The van der Waals surface area contributed by atoms with Crippen LogP contribution in [0.2, 0.25) is 0 Å². The molecule has 3 rings (SSSR count). The molecule has 182 valence electrons. The Morgan fingerprint density at radius 3 is 2.32 bits per heavy atom. The molecule has 0 fully saturated rings. The van der Waals surface area contributed by atoms with Crippen molar-refractivity contribution in [3.8, 4) is 5.69 Å². The Labute approximate surface area is 201 Å². The Bertz CT molecular complexity index is 1190. The molecule has 0 radical (unpaired) electrons. The molecule has 0 aliphatic rings. The van der Waals surface area contributed by atoms with Crippen LogP contribution in [-0.2, 0) is 4.79 Å². The number of para-hydroxylation sites is 1. The Morgan fingerprint density at radius 1 is 1.09 bits per heavy atom. The minimum absolute atomic E-state index is 0.0548. The second-order valence-corrected chi connectivity index (χ2v) is 10.3. The van der Waals surface area contributed by atoms with Gasteiger partial charge >= 0.3 is 0 Å². The summed E-state index contributed by atoms with van der Waals surface area (Å²) >= 11 is 0. The highest BCUT2D eigenvalue weighted by atomic mass is 19.1. The third-order valence-corrected chi connectivity index (χ3v) is 6.09. The lowest BCUT2D eigenvalue weighted by atomic mass is 9.84. The summed E-state index contributed by atoms with van der Waals surface area (Å²) in [5.74, 6) is 0.413. The highest BCUT2D eigenvalue weighted by Crippen LogP contribution is 2.30. The zero-order valence-corrected chi connectivity index (χ0v) is 21.1. The number of aromatic nitrogens is 2. The first-order chi connectivity index (χ1) is 16.1. The van der Waals surface area contributed by atoms with Crippen molar-refractivity contribution in [1.82, 2.24) is 14.5 Å². The van der Waals surface area contributed by atoms with E-state index >= 15 is 0 Å². The van der Waals surface area contributed by atoms with E-state index in [4.69, 9.17) is 4.98 Å². The van der Waals surface area contributed by atoms with Crippen LogP contribution in [0.1, 0.15) is 72.7 Å².